The number of rotatable bonds is 3. The number of hydrogen-bond donors (Lipinski definition) is 3. The van der Waals surface area contributed by atoms with Gasteiger partial charge < -0.3 is 10.7 Å². The Balaban J connectivity index is 1.92. The second-order valence-corrected chi connectivity index (χ2v) is 4.88. The van der Waals surface area contributed by atoms with Crippen LogP contribution >= 0.6 is 23.3 Å². The highest BCUT2D eigenvalue weighted by Gasteiger charge is 2.15. The molecule has 1 aromatic carbocycles. The summed E-state index contributed by atoms with van der Waals surface area (Å²) < 4.78 is 8.22. The van der Waals surface area contributed by atoms with Gasteiger partial charge in [-0.2, -0.15) is 8.75 Å². The van der Waals surface area contributed by atoms with E-state index in [4.69, 9.17) is 17.4 Å². The van der Waals surface area contributed by atoms with Crippen LogP contribution in [0.5, 0.6) is 0 Å². The molecule has 0 bridgehead atoms. The summed E-state index contributed by atoms with van der Waals surface area (Å²) in [7, 11) is 0. The first-order chi connectivity index (χ1) is 10.2. The van der Waals surface area contributed by atoms with Crippen LogP contribution in [-0.2, 0) is 0 Å². The summed E-state index contributed by atoms with van der Waals surface area (Å²) in [4.78, 5) is 20.0. The van der Waals surface area contributed by atoms with Gasteiger partial charge >= 0.3 is 0 Å². The van der Waals surface area contributed by atoms with Gasteiger partial charge in [0.1, 0.15) is 16.7 Å². The van der Waals surface area contributed by atoms with Crippen LogP contribution in [0.25, 0.3) is 11.0 Å². The standard InChI is InChI=1S/C11H8ClN7OS/c12-5-1-2-6-10(19-21-18-6)9(5)16-11(20)7-3-15-8(17-13)4-14-7/h1-4H,13H2,(H,15,17)(H,16,20). The first kappa shape index (κ1) is 13.6. The first-order valence-electron chi connectivity index (χ1n) is 5.70. The molecule has 0 unspecified atom stereocenters. The molecule has 2 aromatic heterocycles. The highest BCUT2D eigenvalue weighted by molar-refractivity contribution is 7.00. The quantitative estimate of drug-likeness (QED) is 0.496. The number of fused-ring (bicyclic) bond motifs is 1. The van der Waals surface area contributed by atoms with Crippen LogP contribution in [0.15, 0.2) is 24.5 Å². The number of nitrogens with zero attached hydrogens (tertiary/aromatic N) is 4. The number of benzene rings is 1. The first-order valence-corrected chi connectivity index (χ1v) is 6.80. The second kappa shape index (κ2) is 5.56. The third kappa shape index (κ3) is 2.61. The van der Waals surface area contributed by atoms with Crippen molar-refractivity contribution in [2.24, 2.45) is 5.84 Å². The van der Waals surface area contributed by atoms with Crippen molar-refractivity contribution in [2.45, 2.75) is 0 Å². The molecule has 0 aliphatic carbocycles. The minimum atomic E-state index is -0.450. The summed E-state index contributed by atoms with van der Waals surface area (Å²) >= 11 is 7.14. The number of hydrogen-bond acceptors (Lipinski definition) is 8. The molecule has 0 spiro atoms. The molecule has 21 heavy (non-hydrogen) atoms. The number of nitrogen functional groups attached to an aromatic ring is 1. The normalized spacial score (nSPS) is 10.6. The fourth-order valence-electron chi connectivity index (χ4n) is 1.64. The zero-order valence-corrected chi connectivity index (χ0v) is 11.9. The molecule has 4 N–H and O–H groups in total. The van der Waals surface area contributed by atoms with Crippen molar-refractivity contribution in [1.29, 1.82) is 0 Å². The van der Waals surface area contributed by atoms with Gasteiger partial charge in [0.15, 0.2) is 5.82 Å². The third-order valence-electron chi connectivity index (χ3n) is 2.65. The van der Waals surface area contributed by atoms with Gasteiger partial charge in [0, 0.05) is 0 Å². The van der Waals surface area contributed by atoms with Crippen molar-refractivity contribution < 1.29 is 4.79 Å². The maximum Gasteiger partial charge on any atom is 0.275 e. The van der Waals surface area contributed by atoms with E-state index in [1.165, 1.54) is 12.4 Å². The van der Waals surface area contributed by atoms with Crippen LogP contribution in [0.1, 0.15) is 10.5 Å². The number of anilines is 2. The Morgan fingerprint density at radius 2 is 2.10 bits per heavy atom. The van der Waals surface area contributed by atoms with Crippen molar-refractivity contribution in [1.82, 2.24) is 18.7 Å². The van der Waals surface area contributed by atoms with E-state index in [1.54, 1.807) is 12.1 Å². The Morgan fingerprint density at radius 1 is 1.24 bits per heavy atom. The number of hydrazine groups is 1. The van der Waals surface area contributed by atoms with E-state index in [-0.39, 0.29) is 5.69 Å². The van der Waals surface area contributed by atoms with Gasteiger partial charge in [-0.3, -0.25) is 4.79 Å². The summed E-state index contributed by atoms with van der Waals surface area (Å²) in [6.45, 7) is 0. The van der Waals surface area contributed by atoms with Gasteiger partial charge in [-0.15, -0.1) is 0 Å². The molecular weight excluding hydrogens is 314 g/mol. The van der Waals surface area contributed by atoms with Gasteiger partial charge in [0.2, 0.25) is 0 Å². The molecule has 0 aliphatic rings. The average molecular weight is 322 g/mol. The molecule has 8 nitrogen and oxygen atoms in total. The summed E-state index contributed by atoms with van der Waals surface area (Å²) in [5.41, 5.74) is 4.05. The zero-order valence-electron chi connectivity index (χ0n) is 10.4. The highest BCUT2D eigenvalue weighted by atomic mass is 35.5. The topological polar surface area (TPSA) is 119 Å². The highest BCUT2D eigenvalue weighted by Crippen LogP contribution is 2.30. The molecule has 0 saturated heterocycles. The van der Waals surface area contributed by atoms with E-state index in [9.17, 15) is 4.79 Å². The fraction of sp³-hybridized carbons (Fsp3) is 0. The number of aromatic nitrogens is 4. The van der Waals surface area contributed by atoms with E-state index in [2.05, 4.69) is 29.5 Å². The Bertz CT molecular complexity index is 804. The van der Waals surface area contributed by atoms with E-state index in [1.807, 2.05) is 0 Å². The van der Waals surface area contributed by atoms with Gasteiger partial charge in [-0.05, 0) is 12.1 Å². The SMILES string of the molecule is NNc1cnc(C(=O)Nc2c(Cl)ccc3nsnc23)cn1. The van der Waals surface area contributed by atoms with Crippen LogP contribution in [0, 0.1) is 0 Å². The minimum absolute atomic E-state index is 0.130. The average Bonchev–Trinajstić information content (AvgIpc) is 2.99. The maximum absolute atomic E-state index is 12.2. The van der Waals surface area contributed by atoms with E-state index in [0.29, 0.717) is 27.6 Å². The van der Waals surface area contributed by atoms with Gasteiger partial charge in [0.25, 0.3) is 5.91 Å². The van der Waals surface area contributed by atoms with Crippen molar-refractivity contribution in [3.63, 3.8) is 0 Å². The zero-order chi connectivity index (χ0) is 14.8. The predicted molar refractivity (Wildman–Crippen MR) is 80.2 cm³/mol. The molecule has 0 radical (unpaired) electrons. The predicted octanol–water partition coefficient (Wildman–Crippen LogP) is 1.67. The van der Waals surface area contributed by atoms with Crippen molar-refractivity contribution >= 4 is 51.8 Å². The number of amides is 1. The molecule has 10 heteroatoms. The molecule has 0 saturated carbocycles. The minimum Gasteiger partial charge on any atom is -0.317 e. The lowest BCUT2D eigenvalue weighted by Gasteiger charge is -2.07. The lowest BCUT2D eigenvalue weighted by molar-refractivity contribution is 0.102. The molecule has 106 valence electrons. The molecule has 0 fully saturated rings. The molecule has 3 rings (SSSR count). The Morgan fingerprint density at radius 3 is 2.81 bits per heavy atom. The smallest absolute Gasteiger partial charge is 0.275 e. The molecule has 0 aliphatic heterocycles. The Hall–Kier alpha value is -2.36. The molecular formula is C11H8ClN7OS. The number of carbonyl (C=O) groups is 1. The molecule has 2 heterocycles. The number of halogens is 1. The Labute approximate surface area is 127 Å². The largest absolute Gasteiger partial charge is 0.317 e. The summed E-state index contributed by atoms with van der Waals surface area (Å²) in [5, 5.41) is 3.04. The van der Waals surface area contributed by atoms with Gasteiger partial charge in [0.05, 0.1) is 34.8 Å². The van der Waals surface area contributed by atoms with E-state index < -0.39 is 5.91 Å². The number of nitrogens with one attached hydrogen (secondary N) is 2. The second-order valence-electron chi connectivity index (χ2n) is 3.94. The van der Waals surface area contributed by atoms with Crippen LogP contribution < -0.4 is 16.6 Å². The van der Waals surface area contributed by atoms with Gasteiger partial charge in [-0.25, -0.2) is 15.8 Å². The summed E-state index contributed by atoms with van der Waals surface area (Å²) in [6, 6.07) is 3.38. The number of carbonyl (C=O) groups excluding carboxylic acids is 1. The summed E-state index contributed by atoms with van der Waals surface area (Å²) in [5.74, 6) is 5.09. The van der Waals surface area contributed by atoms with Crippen LogP contribution in [-0.4, -0.2) is 24.6 Å². The van der Waals surface area contributed by atoms with Crippen molar-refractivity contribution in [3.8, 4) is 0 Å². The molecule has 3 aromatic rings. The van der Waals surface area contributed by atoms with Crippen LogP contribution in [0.2, 0.25) is 5.02 Å². The van der Waals surface area contributed by atoms with Crippen LogP contribution in [0.3, 0.4) is 0 Å². The van der Waals surface area contributed by atoms with Crippen LogP contribution in [0.4, 0.5) is 11.5 Å². The van der Waals surface area contributed by atoms with Crippen molar-refractivity contribution in [2.75, 3.05) is 10.7 Å². The Kier molecular flexibility index (Phi) is 3.60. The van der Waals surface area contributed by atoms with Crippen molar-refractivity contribution in [3.05, 3.63) is 35.2 Å². The summed E-state index contributed by atoms with van der Waals surface area (Å²) in [6.07, 6.45) is 2.65. The third-order valence-corrected chi connectivity index (χ3v) is 3.51. The monoisotopic (exact) mass is 321 g/mol. The number of nitrogens with two attached hydrogens (primary N) is 1. The molecule has 0 atom stereocenters. The fourth-order valence-corrected chi connectivity index (χ4v) is 2.39. The molecule has 1 amide bonds. The van der Waals surface area contributed by atoms with E-state index in [0.717, 1.165) is 11.7 Å². The van der Waals surface area contributed by atoms with E-state index >= 15 is 0 Å². The lowest BCUT2D eigenvalue weighted by Crippen LogP contribution is -2.16. The lowest BCUT2D eigenvalue weighted by atomic mass is 10.2. The maximum atomic E-state index is 12.2. The van der Waals surface area contributed by atoms with Gasteiger partial charge in [-0.1, -0.05) is 11.6 Å².